The third-order valence-electron chi connectivity index (χ3n) is 1.62. The van der Waals surface area contributed by atoms with E-state index in [9.17, 15) is 0 Å². The van der Waals surface area contributed by atoms with Crippen LogP contribution in [0.2, 0.25) is 0 Å². The molecule has 0 bridgehead atoms. The Kier molecular flexibility index (Phi) is 3.94. The van der Waals surface area contributed by atoms with Crippen molar-refractivity contribution in [3.8, 4) is 12.3 Å². The van der Waals surface area contributed by atoms with Gasteiger partial charge in [0.25, 0.3) is 0 Å². The summed E-state index contributed by atoms with van der Waals surface area (Å²) in [4.78, 5) is 4.22. The molecule has 1 N–H and O–H groups in total. The lowest BCUT2D eigenvalue weighted by Gasteiger charge is -2.10. The van der Waals surface area contributed by atoms with Gasteiger partial charge in [0.1, 0.15) is 6.04 Å². The molecule has 0 aliphatic carbocycles. The smallest absolute Gasteiger partial charge is 0.111 e. The van der Waals surface area contributed by atoms with Crippen molar-refractivity contribution in [2.75, 3.05) is 6.54 Å². The van der Waals surface area contributed by atoms with Crippen LogP contribution in [-0.2, 0) is 0 Å². The number of pyridine rings is 1. The maximum atomic E-state index is 5.36. The highest BCUT2D eigenvalue weighted by atomic mass is 79.9. The Balaban J connectivity index is 2.81. The van der Waals surface area contributed by atoms with Crippen molar-refractivity contribution >= 4 is 15.9 Å². The van der Waals surface area contributed by atoms with Crippen LogP contribution in [0, 0.1) is 12.3 Å². The molecule has 1 aromatic rings. The Bertz CT molecular complexity index is 300. The summed E-state index contributed by atoms with van der Waals surface area (Å²) in [5.41, 5.74) is 0.882. The van der Waals surface area contributed by atoms with Crippen LogP contribution in [0.5, 0.6) is 0 Å². The van der Waals surface area contributed by atoms with Crippen LogP contribution >= 0.6 is 15.9 Å². The normalized spacial score (nSPS) is 12.1. The minimum atomic E-state index is -0.0851. The fraction of sp³-hybridized carbons (Fsp3) is 0.300. The molecule has 2 nitrogen and oxygen atoms in total. The lowest BCUT2D eigenvalue weighted by atomic mass is 10.2. The second kappa shape index (κ2) is 5.00. The first-order valence-corrected chi connectivity index (χ1v) is 4.88. The topological polar surface area (TPSA) is 24.9 Å². The summed E-state index contributed by atoms with van der Waals surface area (Å²) in [6.45, 7) is 2.86. The molecule has 0 amide bonds. The molecule has 0 radical (unpaired) electrons. The summed E-state index contributed by atoms with van der Waals surface area (Å²) >= 11 is 3.32. The van der Waals surface area contributed by atoms with Crippen molar-refractivity contribution in [1.29, 1.82) is 0 Å². The highest BCUT2D eigenvalue weighted by Gasteiger charge is 2.06. The fourth-order valence-corrected chi connectivity index (χ4v) is 1.25. The van der Waals surface area contributed by atoms with Crippen LogP contribution in [0.25, 0.3) is 0 Å². The van der Waals surface area contributed by atoms with Crippen molar-refractivity contribution in [2.24, 2.45) is 0 Å². The lowest BCUT2D eigenvalue weighted by molar-refractivity contribution is 0.649. The molecule has 0 saturated heterocycles. The molecule has 1 rings (SSSR count). The molecule has 13 heavy (non-hydrogen) atoms. The van der Waals surface area contributed by atoms with Gasteiger partial charge < -0.3 is 0 Å². The minimum Gasteiger partial charge on any atom is -0.299 e. The standard InChI is InChI=1S/C10H11BrN2/c1-3-9(12-4-2)10-6-5-8(11)7-13-10/h1,5-7,9,12H,4H2,2H3. The molecule has 1 heterocycles. The minimum absolute atomic E-state index is 0.0851. The fourth-order valence-electron chi connectivity index (χ4n) is 1.01. The third-order valence-corrected chi connectivity index (χ3v) is 2.09. The first-order valence-electron chi connectivity index (χ1n) is 4.09. The number of halogens is 1. The molecule has 0 aromatic carbocycles. The van der Waals surface area contributed by atoms with Gasteiger partial charge in [-0.1, -0.05) is 12.8 Å². The van der Waals surface area contributed by atoms with Gasteiger partial charge in [0.05, 0.1) is 5.69 Å². The van der Waals surface area contributed by atoms with E-state index in [4.69, 9.17) is 6.42 Å². The second-order valence-electron chi connectivity index (χ2n) is 2.56. The predicted molar refractivity (Wildman–Crippen MR) is 57.2 cm³/mol. The summed E-state index contributed by atoms with van der Waals surface area (Å²) in [7, 11) is 0. The zero-order valence-corrected chi connectivity index (χ0v) is 9.01. The molecular formula is C10H11BrN2. The molecule has 3 heteroatoms. The van der Waals surface area contributed by atoms with Gasteiger partial charge in [0.15, 0.2) is 0 Å². The van der Waals surface area contributed by atoms with Gasteiger partial charge in [-0.3, -0.25) is 10.3 Å². The molecule has 0 aliphatic heterocycles. The van der Waals surface area contributed by atoms with Gasteiger partial charge in [0, 0.05) is 10.7 Å². The highest BCUT2D eigenvalue weighted by Crippen LogP contribution is 2.12. The Morgan fingerprint density at radius 1 is 1.69 bits per heavy atom. The van der Waals surface area contributed by atoms with E-state index in [1.165, 1.54) is 0 Å². The van der Waals surface area contributed by atoms with Gasteiger partial charge in [-0.2, -0.15) is 0 Å². The van der Waals surface area contributed by atoms with E-state index in [2.05, 4.69) is 32.2 Å². The Hall–Kier alpha value is -0.850. The Morgan fingerprint density at radius 2 is 2.46 bits per heavy atom. The lowest BCUT2D eigenvalue weighted by Crippen LogP contribution is -2.20. The van der Waals surface area contributed by atoms with Crippen LogP contribution < -0.4 is 5.32 Å². The van der Waals surface area contributed by atoms with Gasteiger partial charge >= 0.3 is 0 Å². The number of hydrogen-bond donors (Lipinski definition) is 1. The Morgan fingerprint density at radius 3 is 2.92 bits per heavy atom. The van der Waals surface area contributed by atoms with Crippen molar-refractivity contribution in [3.63, 3.8) is 0 Å². The van der Waals surface area contributed by atoms with E-state index in [0.29, 0.717) is 0 Å². The molecule has 1 atom stereocenters. The monoisotopic (exact) mass is 238 g/mol. The SMILES string of the molecule is C#CC(NCC)c1ccc(Br)cn1. The van der Waals surface area contributed by atoms with Gasteiger partial charge in [-0.15, -0.1) is 6.42 Å². The predicted octanol–water partition coefficient (Wildman–Crippen LogP) is 2.13. The largest absolute Gasteiger partial charge is 0.299 e. The molecular weight excluding hydrogens is 228 g/mol. The van der Waals surface area contributed by atoms with Crippen molar-refractivity contribution < 1.29 is 0 Å². The van der Waals surface area contributed by atoms with E-state index in [1.54, 1.807) is 6.20 Å². The van der Waals surface area contributed by atoms with Gasteiger partial charge in [-0.25, -0.2) is 0 Å². The van der Waals surface area contributed by atoms with Gasteiger partial charge in [-0.05, 0) is 34.6 Å². The molecule has 0 spiro atoms. The number of terminal acetylenes is 1. The molecule has 68 valence electrons. The van der Waals surface area contributed by atoms with Crippen LogP contribution in [0.4, 0.5) is 0 Å². The molecule has 1 unspecified atom stereocenters. The summed E-state index contributed by atoms with van der Waals surface area (Å²) in [5.74, 6) is 2.65. The molecule has 0 saturated carbocycles. The summed E-state index contributed by atoms with van der Waals surface area (Å²) < 4.78 is 0.962. The number of hydrogen-bond acceptors (Lipinski definition) is 2. The highest BCUT2D eigenvalue weighted by molar-refractivity contribution is 9.10. The van der Waals surface area contributed by atoms with Crippen LogP contribution in [0.3, 0.4) is 0 Å². The molecule has 0 fully saturated rings. The first kappa shape index (κ1) is 10.2. The molecule has 0 aliphatic rings. The van der Waals surface area contributed by atoms with Crippen LogP contribution in [0.1, 0.15) is 18.7 Å². The third kappa shape index (κ3) is 2.83. The zero-order chi connectivity index (χ0) is 9.68. The van der Waals surface area contributed by atoms with Crippen molar-refractivity contribution in [2.45, 2.75) is 13.0 Å². The summed E-state index contributed by atoms with van der Waals surface area (Å²) in [5, 5.41) is 3.15. The van der Waals surface area contributed by atoms with Crippen molar-refractivity contribution in [3.05, 3.63) is 28.5 Å². The quantitative estimate of drug-likeness (QED) is 0.817. The van der Waals surface area contributed by atoms with Crippen LogP contribution in [0.15, 0.2) is 22.8 Å². The van der Waals surface area contributed by atoms with Crippen LogP contribution in [-0.4, -0.2) is 11.5 Å². The summed E-state index contributed by atoms with van der Waals surface area (Å²) in [6, 6.07) is 3.76. The zero-order valence-electron chi connectivity index (χ0n) is 7.42. The van der Waals surface area contributed by atoms with E-state index in [0.717, 1.165) is 16.7 Å². The van der Waals surface area contributed by atoms with E-state index < -0.39 is 0 Å². The number of rotatable bonds is 3. The van der Waals surface area contributed by atoms with Gasteiger partial charge in [0.2, 0.25) is 0 Å². The van der Waals surface area contributed by atoms with E-state index in [1.807, 2.05) is 19.1 Å². The maximum absolute atomic E-state index is 5.36. The Labute approximate surface area is 86.9 Å². The number of nitrogens with zero attached hydrogens (tertiary/aromatic N) is 1. The maximum Gasteiger partial charge on any atom is 0.111 e. The number of aromatic nitrogens is 1. The average Bonchev–Trinajstić information content (AvgIpc) is 2.16. The van der Waals surface area contributed by atoms with Crippen molar-refractivity contribution in [1.82, 2.24) is 10.3 Å². The number of nitrogens with one attached hydrogen (secondary N) is 1. The average molecular weight is 239 g/mol. The first-order chi connectivity index (χ1) is 6.27. The second-order valence-corrected chi connectivity index (χ2v) is 3.47. The van der Waals surface area contributed by atoms with E-state index in [-0.39, 0.29) is 6.04 Å². The molecule has 1 aromatic heterocycles. The van der Waals surface area contributed by atoms with E-state index >= 15 is 0 Å². The summed E-state index contributed by atoms with van der Waals surface area (Å²) in [6.07, 6.45) is 7.11.